The van der Waals surface area contributed by atoms with Crippen LogP contribution in [-0.2, 0) is 11.0 Å². The van der Waals surface area contributed by atoms with Crippen molar-refractivity contribution in [1.82, 2.24) is 0 Å². The quantitative estimate of drug-likeness (QED) is 0.497. The van der Waals surface area contributed by atoms with Crippen LogP contribution in [0.2, 0.25) is 0 Å². The van der Waals surface area contributed by atoms with Gasteiger partial charge in [-0.25, -0.2) is 0 Å². The van der Waals surface area contributed by atoms with Gasteiger partial charge in [-0.2, -0.15) is 13.2 Å². The summed E-state index contributed by atoms with van der Waals surface area (Å²) in [4.78, 5) is 25.4. The van der Waals surface area contributed by atoms with Crippen LogP contribution in [0.4, 0.5) is 23.9 Å². The molecule has 0 fully saturated rings. The summed E-state index contributed by atoms with van der Waals surface area (Å²) in [6.45, 7) is 1.74. The molecule has 1 aliphatic heterocycles. The Kier molecular flexibility index (Phi) is 5.22. The van der Waals surface area contributed by atoms with Crippen molar-refractivity contribution in [2.45, 2.75) is 25.4 Å². The van der Waals surface area contributed by atoms with Gasteiger partial charge in [-0.15, -0.1) is 11.3 Å². The van der Waals surface area contributed by atoms with Gasteiger partial charge in [-0.05, 0) is 53.9 Å². The molecule has 1 aromatic heterocycles. The highest BCUT2D eigenvalue weighted by atomic mass is 32.1. The summed E-state index contributed by atoms with van der Waals surface area (Å²) in [7, 11) is 0. The van der Waals surface area contributed by atoms with Crippen LogP contribution in [0.25, 0.3) is 0 Å². The van der Waals surface area contributed by atoms with E-state index in [1.54, 1.807) is 25.1 Å². The van der Waals surface area contributed by atoms with Gasteiger partial charge in [0.2, 0.25) is 5.91 Å². The number of aromatic hydroxyl groups is 1. The summed E-state index contributed by atoms with van der Waals surface area (Å²) in [5, 5.41) is 15.6. The predicted octanol–water partition coefficient (Wildman–Crippen LogP) is 5.51. The van der Waals surface area contributed by atoms with Crippen molar-refractivity contribution in [1.29, 1.82) is 0 Å². The molecule has 0 saturated heterocycles. The molecule has 4 rings (SSSR count). The molecule has 1 unspecified atom stereocenters. The first-order chi connectivity index (χ1) is 14.6. The molecule has 2 aromatic carbocycles. The molecule has 0 spiro atoms. The molecular formula is C22H17F3N2O3S. The van der Waals surface area contributed by atoms with Gasteiger partial charge in [0.15, 0.2) is 0 Å². The Bertz CT molecular complexity index is 1190. The van der Waals surface area contributed by atoms with Crippen molar-refractivity contribution in [2.75, 3.05) is 10.6 Å². The highest BCUT2D eigenvalue weighted by Gasteiger charge is 2.33. The number of rotatable bonds is 3. The SMILES string of the molecule is Cc1c(C(=O)Nc2cccc(C(F)(F)F)c2)sc2c1C(c1cccc(O)c1)CC(=O)N2. The molecule has 2 heterocycles. The summed E-state index contributed by atoms with van der Waals surface area (Å²) >= 11 is 1.08. The van der Waals surface area contributed by atoms with Crippen LogP contribution in [0, 0.1) is 6.92 Å². The molecule has 0 radical (unpaired) electrons. The summed E-state index contributed by atoms with van der Waals surface area (Å²) in [6, 6.07) is 11.0. The third-order valence-corrected chi connectivity index (χ3v) is 6.33. The van der Waals surface area contributed by atoms with E-state index >= 15 is 0 Å². The average Bonchev–Trinajstić information content (AvgIpc) is 3.03. The lowest BCUT2D eigenvalue weighted by atomic mass is 9.85. The number of anilines is 2. The van der Waals surface area contributed by atoms with Gasteiger partial charge < -0.3 is 15.7 Å². The first-order valence-electron chi connectivity index (χ1n) is 9.34. The van der Waals surface area contributed by atoms with Crippen LogP contribution in [0.3, 0.4) is 0 Å². The Hall–Kier alpha value is -3.33. The van der Waals surface area contributed by atoms with Crippen molar-refractivity contribution in [3.05, 3.63) is 75.7 Å². The van der Waals surface area contributed by atoms with Crippen molar-refractivity contribution in [3.8, 4) is 5.75 Å². The largest absolute Gasteiger partial charge is 0.508 e. The zero-order valence-corrected chi connectivity index (χ0v) is 17.0. The third kappa shape index (κ3) is 4.13. The molecule has 0 saturated carbocycles. The zero-order valence-electron chi connectivity index (χ0n) is 16.2. The molecule has 160 valence electrons. The van der Waals surface area contributed by atoms with Crippen molar-refractivity contribution >= 4 is 33.8 Å². The Morgan fingerprint density at radius 1 is 1.19 bits per heavy atom. The lowest BCUT2D eigenvalue weighted by molar-refractivity contribution is -0.137. The highest BCUT2D eigenvalue weighted by molar-refractivity contribution is 7.18. The highest BCUT2D eigenvalue weighted by Crippen LogP contribution is 2.45. The van der Waals surface area contributed by atoms with Crippen LogP contribution in [0.15, 0.2) is 48.5 Å². The number of fused-ring (bicyclic) bond motifs is 1. The monoisotopic (exact) mass is 446 g/mol. The molecule has 9 heteroatoms. The van der Waals surface area contributed by atoms with Crippen LogP contribution < -0.4 is 10.6 Å². The van der Waals surface area contributed by atoms with Crippen molar-refractivity contribution in [3.63, 3.8) is 0 Å². The van der Waals surface area contributed by atoms with Gasteiger partial charge in [-0.1, -0.05) is 18.2 Å². The topological polar surface area (TPSA) is 78.4 Å². The van der Waals surface area contributed by atoms with Gasteiger partial charge in [-0.3, -0.25) is 9.59 Å². The minimum absolute atomic E-state index is 0.0270. The summed E-state index contributed by atoms with van der Waals surface area (Å²) in [5.74, 6) is -1.05. The van der Waals surface area contributed by atoms with Gasteiger partial charge in [0.05, 0.1) is 15.4 Å². The Morgan fingerprint density at radius 3 is 2.65 bits per heavy atom. The number of hydrogen-bond acceptors (Lipinski definition) is 4. The lowest BCUT2D eigenvalue weighted by Crippen LogP contribution is -2.22. The molecule has 1 atom stereocenters. The van der Waals surface area contributed by atoms with E-state index in [0.29, 0.717) is 15.4 Å². The Balaban J connectivity index is 1.68. The first kappa shape index (κ1) is 20.9. The van der Waals surface area contributed by atoms with Gasteiger partial charge >= 0.3 is 6.18 Å². The van der Waals surface area contributed by atoms with Crippen LogP contribution in [-0.4, -0.2) is 16.9 Å². The van der Waals surface area contributed by atoms with Crippen LogP contribution in [0.1, 0.15) is 44.3 Å². The molecule has 3 aromatic rings. The number of halogens is 3. The maximum absolute atomic E-state index is 12.9. The zero-order chi connectivity index (χ0) is 22.3. The number of carbonyl (C=O) groups is 2. The van der Waals surface area contributed by atoms with E-state index in [-0.39, 0.29) is 29.7 Å². The van der Waals surface area contributed by atoms with Crippen LogP contribution >= 0.6 is 11.3 Å². The summed E-state index contributed by atoms with van der Waals surface area (Å²) < 4.78 is 38.8. The predicted molar refractivity (Wildman–Crippen MR) is 112 cm³/mol. The third-order valence-electron chi connectivity index (χ3n) is 5.11. The maximum Gasteiger partial charge on any atom is 0.416 e. The minimum Gasteiger partial charge on any atom is -0.508 e. The van der Waals surface area contributed by atoms with E-state index in [2.05, 4.69) is 10.6 Å². The molecule has 2 amide bonds. The van der Waals surface area contributed by atoms with E-state index in [1.165, 1.54) is 18.2 Å². The van der Waals surface area contributed by atoms with Gasteiger partial charge in [0, 0.05) is 18.0 Å². The van der Waals surface area contributed by atoms with E-state index in [4.69, 9.17) is 0 Å². The van der Waals surface area contributed by atoms with E-state index in [9.17, 15) is 27.9 Å². The van der Waals surface area contributed by atoms with E-state index < -0.39 is 17.6 Å². The van der Waals surface area contributed by atoms with Crippen LogP contribution in [0.5, 0.6) is 5.75 Å². The Morgan fingerprint density at radius 2 is 1.94 bits per heavy atom. The van der Waals surface area contributed by atoms with E-state index in [0.717, 1.165) is 34.6 Å². The number of phenolic OH excluding ortho intramolecular Hbond substituents is 1. The fourth-order valence-electron chi connectivity index (χ4n) is 3.71. The first-order valence-corrected chi connectivity index (χ1v) is 10.2. The summed E-state index contributed by atoms with van der Waals surface area (Å²) in [5.41, 5.74) is 1.31. The molecule has 3 N–H and O–H groups in total. The average molecular weight is 446 g/mol. The van der Waals surface area contributed by atoms with Gasteiger partial charge in [0.1, 0.15) is 5.75 Å². The summed E-state index contributed by atoms with van der Waals surface area (Å²) in [6.07, 6.45) is -4.36. The normalized spacial score (nSPS) is 15.9. The van der Waals surface area contributed by atoms with Gasteiger partial charge in [0.25, 0.3) is 5.91 Å². The number of amides is 2. The Labute approximate surface area is 179 Å². The second-order valence-corrected chi connectivity index (χ2v) is 8.25. The number of thiophene rings is 1. The standard InChI is InChI=1S/C22H17F3N2O3S/c1-11-18-16(12-4-2-7-15(28)8-12)10-17(29)27-21(18)31-19(11)20(30)26-14-6-3-5-13(9-14)22(23,24)25/h2-9,16,28H,10H2,1H3,(H,26,30)(H,27,29). The number of alkyl halides is 3. The molecule has 1 aliphatic rings. The number of benzene rings is 2. The molecule has 0 bridgehead atoms. The minimum atomic E-state index is -4.52. The molecular weight excluding hydrogens is 429 g/mol. The smallest absolute Gasteiger partial charge is 0.416 e. The number of hydrogen-bond donors (Lipinski definition) is 3. The second-order valence-electron chi connectivity index (χ2n) is 7.23. The number of carbonyl (C=O) groups excluding carboxylic acids is 2. The molecule has 31 heavy (non-hydrogen) atoms. The van der Waals surface area contributed by atoms with E-state index in [1.807, 2.05) is 0 Å². The maximum atomic E-state index is 12.9. The second kappa shape index (κ2) is 7.73. The fraction of sp³-hybridized carbons (Fsp3) is 0.182. The van der Waals surface area contributed by atoms with Crippen molar-refractivity contribution in [2.24, 2.45) is 0 Å². The van der Waals surface area contributed by atoms with Crippen molar-refractivity contribution < 1.29 is 27.9 Å². The lowest BCUT2D eigenvalue weighted by Gasteiger charge is -2.24. The number of nitrogens with one attached hydrogen (secondary N) is 2. The fourth-order valence-corrected chi connectivity index (χ4v) is 4.89. The molecule has 5 nitrogen and oxygen atoms in total. The number of phenols is 1. The molecule has 0 aliphatic carbocycles.